The minimum atomic E-state index is -0.212. The Kier molecular flexibility index (Phi) is 4.13. The van der Waals surface area contributed by atoms with E-state index in [1.54, 1.807) is 12.1 Å². The van der Waals surface area contributed by atoms with E-state index in [9.17, 15) is 4.39 Å². The standard InChI is InChI=1S/C16H16FN/c1-2-6-16(13-9-11-14(17)12-10-13)18-15-7-4-3-5-8-15/h2-5,7-12,16,18H,1,6H2. The molecule has 0 saturated heterocycles. The van der Waals surface area contributed by atoms with Gasteiger partial charge in [-0.25, -0.2) is 4.39 Å². The SMILES string of the molecule is C=CCC(Nc1ccccc1)c1ccc(F)cc1. The van der Waals surface area contributed by atoms with E-state index in [4.69, 9.17) is 0 Å². The van der Waals surface area contributed by atoms with E-state index in [1.807, 2.05) is 36.4 Å². The third kappa shape index (κ3) is 3.20. The zero-order valence-corrected chi connectivity index (χ0v) is 10.1. The number of rotatable bonds is 5. The second kappa shape index (κ2) is 6.01. The summed E-state index contributed by atoms with van der Waals surface area (Å²) in [6, 6.07) is 16.7. The summed E-state index contributed by atoms with van der Waals surface area (Å²) in [6.45, 7) is 3.77. The molecule has 0 aliphatic heterocycles. The van der Waals surface area contributed by atoms with Gasteiger partial charge in [0, 0.05) is 5.69 Å². The Labute approximate surface area is 107 Å². The van der Waals surface area contributed by atoms with E-state index in [-0.39, 0.29) is 11.9 Å². The molecule has 1 nitrogen and oxygen atoms in total. The van der Waals surface area contributed by atoms with Crippen molar-refractivity contribution < 1.29 is 4.39 Å². The maximum absolute atomic E-state index is 12.9. The molecule has 0 saturated carbocycles. The number of nitrogens with one attached hydrogen (secondary N) is 1. The van der Waals surface area contributed by atoms with E-state index < -0.39 is 0 Å². The van der Waals surface area contributed by atoms with Gasteiger partial charge in [-0.1, -0.05) is 36.4 Å². The van der Waals surface area contributed by atoms with Gasteiger partial charge in [0.1, 0.15) is 5.82 Å². The Balaban J connectivity index is 2.18. The highest BCUT2D eigenvalue weighted by molar-refractivity contribution is 5.45. The van der Waals surface area contributed by atoms with Crippen LogP contribution in [-0.2, 0) is 0 Å². The van der Waals surface area contributed by atoms with Gasteiger partial charge >= 0.3 is 0 Å². The molecule has 1 unspecified atom stereocenters. The molecule has 0 radical (unpaired) electrons. The van der Waals surface area contributed by atoms with Crippen LogP contribution in [0.1, 0.15) is 18.0 Å². The van der Waals surface area contributed by atoms with E-state index >= 15 is 0 Å². The lowest BCUT2D eigenvalue weighted by Crippen LogP contribution is -2.09. The lowest BCUT2D eigenvalue weighted by molar-refractivity contribution is 0.626. The van der Waals surface area contributed by atoms with Crippen molar-refractivity contribution >= 4 is 5.69 Å². The van der Waals surface area contributed by atoms with E-state index in [1.165, 1.54) is 12.1 Å². The fourth-order valence-electron chi connectivity index (χ4n) is 1.88. The molecule has 0 spiro atoms. The van der Waals surface area contributed by atoms with Crippen molar-refractivity contribution in [1.82, 2.24) is 0 Å². The monoisotopic (exact) mass is 241 g/mol. The van der Waals surface area contributed by atoms with Crippen molar-refractivity contribution in [2.24, 2.45) is 0 Å². The molecule has 0 aliphatic rings. The van der Waals surface area contributed by atoms with Crippen molar-refractivity contribution in [1.29, 1.82) is 0 Å². The Hall–Kier alpha value is -2.09. The number of benzene rings is 2. The smallest absolute Gasteiger partial charge is 0.123 e. The first kappa shape index (κ1) is 12.4. The number of hydrogen-bond acceptors (Lipinski definition) is 1. The summed E-state index contributed by atoms with van der Waals surface area (Å²) in [6.07, 6.45) is 2.66. The fraction of sp³-hybridized carbons (Fsp3) is 0.125. The zero-order valence-electron chi connectivity index (χ0n) is 10.1. The molecule has 18 heavy (non-hydrogen) atoms. The lowest BCUT2D eigenvalue weighted by Gasteiger charge is -2.19. The molecular weight excluding hydrogens is 225 g/mol. The molecule has 0 heterocycles. The minimum absolute atomic E-state index is 0.116. The molecule has 2 rings (SSSR count). The summed E-state index contributed by atoms with van der Waals surface area (Å²) < 4.78 is 12.9. The average molecular weight is 241 g/mol. The molecule has 2 aromatic carbocycles. The van der Waals surface area contributed by atoms with E-state index in [2.05, 4.69) is 11.9 Å². The van der Waals surface area contributed by atoms with Crippen LogP contribution in [0.15, 0.2) is 67.3 Å². The fourth-order valence-corrected chi connectivity index (χ4v) is 1.88. The van der Waals surface area contributed by atoms with E-state index in [0.29, 0.717) is 0 Å². The third-order valence-corrected chi connectivity index (χ3v) is 2.79. The molecule has 0 bridgehead atoms. The average Bonchev–Trinajstić information content (AvgIpc) is 2.40. The summed E-state index contributed by atoms with van der Waals surface area (Å²) >= 11 is 0. The molecule has 0 fully saturated rings. The van der Waals surface area contributed by atoms with Crippen molar-refractivity contribution in [3.8, 4) is 0 Å². The van der Waals surface area contributed by atoms with Crippen molar-refractivity contribution in [2.45, 2.75) is 12.5 Å². The topological polar surface area (TPSA) is 12.0 Å². The lowest BCUT2D eigenvalue weighted by atomic mass is 10.0. The molecule has 0 aliphatic carbocycles. The van der Waals surface area contributed by atoms with Gasteiger partial charge in [0.15, 0.2) is 0 Å². The highest BCUT2D eigenvalue weighted by Crippen LogP contribution is 2.23. The van der Waals surface area contributed by atoms with Gasteiger partial charge in [-0.15, -0.1) is 6.58 Å². The quantitative estimate of drug-likeness (QED) is 0.757. The highest BCUT2D eigenvalue weighted by Gasteiger charge is 2.09. The van der Waals surface area contributed by atoms with Crippen LogP contribution in [0.5, 0.6) is 0 Å². The predicted molar refractivity (Wildman–Crippen MR) is 74.0 cm³/mol. The Morgan fingerprint density at radius 1 is 1.06 bits per heavy atom. The third-order valence-electron chi connectivity index (χ3n) is 2.79. The number of hydrogen-bond donors (Lipinski definition) is 1. The van der Waals surface area contributed by atoms with Crippen molar-refractivity contribution in [3.63, 3.8) is 0 Å². The molecular formula is C16H16FN. The Morgan fingerprint density at radius 2 is 1.72 bits per heavy atom. The largest absolute Gasteiger partial charge is 0.378 e. The summed E-state index contributed by atoms with van der Waals surface area (Å²) in [5.41, 5.74) is 2.11. The molecule has 92 valence electrons. The van der Waals surface area contributed by atoms with Crippen LogP contribution < -0.4 is 5.32 Å². The first-order valence-electron chi connectivity index (χ1n) is 5.97. The van der Waals surface area contributed by atoms with Crippen LogP contribution in [0.3, 0.4) is 0 Å². The number of anilines is 1. The van der Waals surface area contributed by atoms with Crippen LogP contribution in [0.25, 0.3) is 0 Å². The maximum atomic E-state index is 12.9. The van der Waals surface area contributed by atoms with Crippen LogP contribution >= 0.6 is 0 Å². The van der Waals surface area contributed by atoms with E-state index in [0.717, 1.165) is 17.7 Å². The Bertz CT molecular complexity index is 490. The van der Waals surface area contributed by atoms with Crippen molar-refractivity contribution in [2.75, 3.05) is 5.32 Å². The number of para-hydroxylation sites is 1. The molecule has 1 atom stereocenters. The van der Waals surface area contributed by atoms with Crippen molar-refractivity contribution in [3.05, 3.63) is 78.6 Å². The van der Waals surface area contributed by atoms with Gasteiger partial charge in [0.05, 0.1) is 6.04 Å². The van der Waals surface area contributed by atoms with Crippen LogP contribution in [0.4, 0.5) is 10.1 Å². The number of halogens is 1. The van der Waals surface area contributed by atoms with Crippen LogP contribution in [0.2, 0.25) is 0 Å². The van der Waals surface area contributed by atoms with Crippen LogP contribution in [-0.4, -0.2) is 0 Å². The second-order valence-corrected chi connectivity index (χ2v) is 4.14. The van der Waals surface area contributed by atoms with Gasteiger partial charge in [0.2, 0.25) is 0 Å². The highest BCUT2D eigenvalue weighted by atomic mass is 19.1. The molecule has 0 aromatic heterocycles. The van der Waals surface area contributed by atoms with Crippen LogP contribution in [0, 0.1) is 5.82 Å². The van der Waals surface area contributed by atoms with Gasteiger partial charge in [-0.3, -0.25) is 0 Å². The minimum Gasteiger partial charge on any atom is -0.378 e. The van der Waals surface area contributed by atoms with Gasteiger partial charge < -0.3 is 5.32 Å². The van der Waals surface area contributed by atoms with Gasteiger partial charge in [0.25, 0.3) is 0 Å². The zero-order chi connectivity index (χ0) is 12.8. The molecule has 0 amide bonds. The summed E-state index contributed by atoms with van der Waals surface area (Å²) in [7, 11) is 0. The first-order chi connectivity index (χ1) is 8.79. The van der Waals surface area contributed by atoms with Gasteiger partial charge in [-0.2, -0.15) is 0 Å². The summed E-state index contributed by atoms with van der Waals surface area (Å²) in [5.74, 6) is -0.212. The molecule has 2 aromatic rings. The second-order valence-electron chi connectivity index (χ2n) is 4.14. The Morgan fingerprint density at radius 3 is 2.33 bits per heavy atom. The predicted octanol–water partition coefficient (Wildman–Crippen LogP) is 4.56. The maximum Gasteiger partial charge on any atom is 0.123 e. The summed E-state index contributed by atoms with van der Waals surface area (Å²) in [4.78, 5) is 0. The molecule has 2 heteroatoms. The van der Waals surface area contributed by atoms with Gasteiger partial charge in [-0.05, 0) is 36.2 Å². The normalized spacial score (nSPS) is 11.8. The summed E-state index contributed by atoms with van der Waals surface area (Å²) in [5, 5.41) is 3.42. The molecule has 1 N–H and O–H groups in total. The first-order valence-corrected chi connectivity index (χ1v) is 5.97.